The topological polar surface area (TPSA) is 49.4 Å². The van der Waals surface area contributed by atoms with Crippen molar-refractivity contribution in [2.24, 2.45) is 5.92 Å². The first-order valence-electron chi connectivity index (χ1n) is 5.51. The van der Waals surface area contributed by atoms with E-state index >= 15 is 0 Å². The molecule has 4 nitrogen and oxygen atoms in total. The number of rotatable bonds is 2. The molecule has 1 saturated heterocycles. The van der Waals surface area contributed by atoms with Crippen molar-refractivity contribution in [1.29, 1.82) is 0 Å². The first kappa shape index (κ1) is 13.2. The number of halogens is 2. The van der Waals surface area contributed by atoms with Crippen LogP contribution in [0.2, 0.25) is 10.0 Å². The van der Waals surface area contributed by atoms with Gasteiger partial charge < -0.3 is 5.32 Å². The molecular weight excluding hydrogens is 275 g/mol. The van der Waals surface area contributed by atoms with Gasteiger partial charge in [-0.05, 0) is 24.1 Å². The molecule has 1 heterocycles. The van der Waals surface area contributed by atoms with Gasteiger partial charge in [0, 0.05) is 5.02 Å². The van der Waals surface area contributed by atoms with E-state index in [1.807, 2.05) is 13.8 Å². The third-order valence-electron chi connectivity index (χ3n) is 2.78. The molecule has 1 aliphatic heterocycles. The van der Waals surface area contributed by atoms with E-state index in [1.165, 1.54) is 6.07 Å². The summed E-state index contributed by atoms with van der Waals surface area (Å²) in [6.07, 6.45) is 0. The van der Waals surface area contributed by atoms with E-state index < -0.39 is 12.1 Å². The number of carbonyl (C=O) groups excluding carboxylic acids is 2. The summed E-state index contributed by atoms with van der Waals surface area (Å²) >= 11 is 11.9. The van der Waals surface area contributed by atoms with Crippen molar-refractivity contribution in [2.45, 2.75) is 19.9 Å². The second-order valence-electron chi connectivity index (χ2n) is 4.44. The van der Waals surface area contributed by atoms with Crippen LogP contribution in [0.3, 0.4) is 0 Å². The van der Waals surface area contributed by atoms with Crippen LogP contribution < -0.4 is 10.2 Å². The van der Waals surface area contributed by atoms with Gasteiger partial charge in [0.1, 0.15) is 6.04 Å². The molecule has 0 bridgehead atoms. The van der Waals surface area contributed by atoms with Crippen LogP contribution >= 0.6 is 23.2 Å². The third kappa shape index (κ3) is 2.18. The minimum Gasteiger partial charge on any atom is -0.325 e. The minimum absolute atomic E-state index is 0.0180. The summed E-state index contributed by atoms with van der Waals surface area (Å²) in [7, 11) is 0. The molecule has 1 aromatic carbocycles. The number of urea groups is 1. The zero-order chi connectivity index (χ0) is 13.4. The highest BCUT2D eigenvalue weighted by molar-refractivity contribution is 6.37. The molecule has 6 heteroatoms. The fraction of sp³-hybridized carbons (Fsp3) is 0.333. The molecule has 1 aromatic rings. The van der Waals surface area contributed by atoms with Crippen molar-refractivity contribution < 1.29 is 9.59 Å². The number of amides is 3. The zero-order valence-electron chi connectivity index (χ0n) is 9.91. The number of nitrogens with one attached hydrogen (secondary N) is 1. The lowest BCUT2D eigenvalue weighted by atomic mass is 10.0. The highest BCUT2D eigenvalue weighted by atomic mass is 35.5. The highest BCUT2D eigenvalue weighted by Crippen LogP contribution is 2.31. The lowest BCUT2D eigenvalue weighted by Crippen LogP contribution is -2.34. The van der Waals surface area contributed by atoms with Gasteiger partial charge in [-0.1, -0.05) is 37.0 Å². The van der Waals surface area contributed by atoms with Crippen LogP contribution in [0.1, 0.15) is 13.8 Å². The molecule has 0 aliphatic carbocycles. The van der Waals surface area contributed by atoms with Crippen molar-refractivity contribution in [3.05, 3.63) is 28.2 Å². The number of nitrogens with zero attached hydrogens (tertiary/aromatic N) is 1. The van der Waals surface area contributed by atoms with Gasteiger partial charge in [-0.2, -0.15) is 0 Å². The Morgan fingerprint density at radius 2 is 1.94 bits per heavy atom. The Bertz CT molecular complexity index is 517. The highest BCUT2D eigenvalue weighted by Gasteiger charge is 2.41. The van der Waals surface area contributed by atoms with Crippen LogP contribution in [-0.2, 0) is 4.79 Å². The fourth-order valence-electron chi connectivity index (χ4n) is 1.84. The largest absolute Gasteiger partial charge is 0.329 e. The molecule has 0 spiro atoms. The van der Waals surface area contributed by atoms with E-state index in [2.05, 4.69) is 5.32 Å². The van der Waals surface area contributed by atoms with Gasteiger partial charge in [-0.25, -0.2) is 9.69 Å². The standard InChI is InChI=1S/C12H12Cl2N2O2/c1-6(2)10-11(17)16(12(18)15-10)9-5-7(13)3-4-8(9)14/h3-6,10H,1-2H3,(H,15,18). The maximum atomic E-state index is 12.2. The average Bonchev–Trinajstić information content (AvgIpc) is 2.58. The zero-order valence-corrected chi connectivity index (χ0v) is 11.4. The summed E-state index contributed by atoms with van der Waals surface area (Å²) in [4.78, 5) is 25.1. The van der Waals surface area contributed by atoms with Gasteiger partial charge in [0.25, 0.3) is 5.91 Å². The lowest BCUT2D eigenvalue weighted by Gasteiger charge is -2.16. The Morgan fingerprint density at radius 1 is 1.28 bits per heavy atom. The summed E-state index contributed by atoms with van der Waals surface area (Å²) in [6.45, 7) is 3.73. The Hall–Kier alpha value is -1.26. The lowest BCUT2D eigenvalue weighted by molar-refractivity contribution is -0.119. The second kappa shape index (κ2) is 4.78. The van der Waals surface area contributed by atoms with Gasteiger partial charge in [0.15, 0.2) is 0 Å². The predicted molar refractivity (Wildman–Crippen MR) is 71.1 cm³/mol. The van der Waals surface area contributed by atoms with Gasteiger partial charge in [-0.15, -0.1) is 0 Å². The van der Waals surface area contributed by atoms with E-state index in [9.17, 15) is 9.59 Å². The quantitative estimate of drug-likeness (QED) is 0.850. The van der Waals surface area contributed by atoms with E-state index in [4.69, 9.17) is 23.2 Å². The van der Waals surface area contributed by atoms with Crippen LogP contribution in [-0.4, -0.2) is 18.0 Å². The van der Waals surface area contributed by atoms with Crippen LogP contribution in [0.4, 0.5) is 10.5 Å². The number of hydrogen-bond donors (Lipinski definition) is 1. The first-order chi connectivity index (χ1) is 8.41. The van der Waals surface area contributed by atoms with E-state index in [0.29, 0.717) is 15.7 Å². The van der Waals surface area contributed by atoms with Crippen molar-refractivity contribution >= 4 is 40.8 Å². The third-order valence-corrected chi connectivity index (χ3v) is 3.34. The van der Waals surface area contributed by atoms with Crippen molar-refractivity contribution in [2.75, 3.05) is 4.90 Å². The number of carbonyl (C=O) groups is 2. The van der Waals surface area contributed by atoms with Gasteiger partial charge in [-0.3, -0.25) is 4.79 Å². The number of anilines is 1. The maximum Gasteiger partial charge on any atom is 0.329 e. The molecule has 1 fully saturated rings. The summed E-state index contributed by atoms with van der Waals surface area (Å²) in [5.41, 5.74) is 0.315. The molecule has 0 saturated carbocycles. The first-order valence-corrected chi connectivity index (χ1v) is 6.27. The Labute approximate surface area is 115 Å². The monoisotopic (exact) mass is 286 g/mol. The van der Waals surface area contributed by atoms with Crippen molar-refractivity contribution in [3.63, 3.8) is 0 Å². The Morgan fingerprint density at radius 3 is 2.50 bits per heavy atom. The van der Waals surface area contributed by atoms with Gasteiger partial charge >= 0.3 is 6.03 Å². The van der Waals surface area contributed by atoms with Gasteiger partial charge in [0.2, 0.25) is 0 Å². The summed E-state index contributed by atoms with van der Waals surface area (Å²) in [6, 6.07) is 3.67. The smallest absolute Gasteiger partial charge is 0.325 e. The van der Waals surface area contributed by atoms with E-state index in [-0.39, 0.29) is 11.8 Å². The molecule has 18 heavy (non-hydrogen) atoms. The summed E-state index contributed by atoms with van der Waals surface area (Å²) in [5, 5.41) is 3.37. The van der Waals surface area contributed by atoms with E-state index in [1.54, 1.807) is 12.1 Å². The average molecular weight is 287 g/mol. The number of benzene rings is 1. The molecular formula is C12H12Cl2N2O2. The Kier molecular flexibility index (Phi) is 3.50. The van der Waals surface area contributed by atoms with Gasteiger partial charge in [0.05, 0.1) is 10.7 Å². The summed E-state index contributed by atoms with van der Waals surface area (Å²) < 4.78 is 0. The Balaban J connectivity index is 2.42. The molecule has 96 valence electrons. The van der Waals surface area contributed by atoms with Crippen LogP contribution in [0.25, 0.3) is 0 Å². The molecule has 3 amide bonds. The van der Waals surface area contributed by atoms with Crippen LogP contribution in [0.5, 0.6) is 0 Å². The van der Waals surface area contributed by atoms with Crippen molar-refractivity contribution in [1.82, 2.24) is 5.32 Å². The molecule has 2 rings (SSSR count). The van der Waals surface area contributed by atoms with E-state index in [0.717, 1.165) is 4.90 Å². The molecule has 1 aliphatic rings. The van der Waals surface area contributed by atoms with Crippen LogP contribution in [0.15, 0.2) is 18.2 Å². The molecule has 1 N–H and O–H groups in total. The summed E-state index contributed by atoms with van der Waals surface area (Å²) in [5.74, 6) is -0.288. The molecule has 0 radical (unpaired) electrons. The number of hydrogen-bond acceptors (Lipinski definition) is 2. The normalized spacial score (nSPS) is 19.6. The molecule has 1 unspecified atom stereocenters. The molecule has 0 aromatic heterocycles. The number of imide groups is 1. The predicted octanol–water partition coefficient (Wildman–Crippen LogP) is 3.07. The SMILES string of the molecule is CC(C)C1NC(=O)N(c2cc(Cl)ccc2Cl)C1=O. The minimum atomic E-state index is -0.521. The van der Waals surface area contributed by atoms with Crippen molar-refractivity contribution in [3.8, 4) is 0 Å². The van der Waals surface area contributed by atoms with Crippen LogP contribution in [0, 0.1) is 5.92 Å². The fourth-order valence-corrected chi connectivity index (χ4v) is 2.20. The molecule has 1 atom stereocenters. The maximum absolute atomic E-state index is 12.2. The second-order valence-corrected chi connectivity index (χ2v) is 5.28.